The molecule has 4 rings (SSSR count). The molecule has 0 atom stereocenters. The first-order valence-corrected chi connectivity index (χ1v) is 8.51. The molecule has 2 N–H and O–H groups in total. The van der Waals surface area contributed by atoms with Gasteiger partial charge in [0.25, 0.3) is 0 Å². The van der Waals surface area contributed by atoms with Crippen molar-refractivity contribution in [3.05, 3.63) is 35.8 Å². The second-order valence-corrected chi connectivity index (χ2v) is 6.57. The molecule has 2 aromatic heterocycles. The van der Waals surface area contributed by atoms with Gasteiger partial charge >= 0.3 is 0 Å². The fourth-order valence-electron chi connectivity index (χ4n) is 3.79. The summed E-state index contributed by atoms with van der Waals surface area (Å²) in [6, 6.07) is 3.30. The molecule has 25 heavy (non-hydrogen) atoms. The van der Waals surface area contributed by atoms with Gasteiger partial charge in [0, 0.05) is 11.6 Å². The van der Waals surface area contributed by atoms with Gasteiger partial charge in [-0.15, -0.1) is 0 Å². The van der Waals surface area contributed by atoms with Crippen LogP contribution in [0.1, 0.15) is 44.0 Å². The number of aromatic nitrogens is 4. The Morgan fingerprint density at radius 2 is 1.84 bits per heavy atom. The molecule has 1 aliphatic rings. The molecule has 2 heterocycles. The molecule has 7 heteroatoms. The summed E-state index contributed by atoms with van der Waals surface area (Å²) >= 11 is 0. The van der Waals surface area contributed by atoms with Gasteiger partial charge in [0.15, 0.2) is 11.6 Å². The highest BCUT2D eigenvalue weighted by Gasteiger charge is 2.22. The summed E-state index contributed by atoms with van der Waals surface area (Å²) in [6.45, 7) is 1.89. The van der Waals surface area contributed by atoms with Crippen molar-refractivity contribution in [1.29, 1.82) is 0 Å². The van der Waals surface area contributed by atoms with Crippen LogP contribution < -0.4 is 5.73 Å². The van der Waals surface area contributed by atoms with Crippen molar-refractivity contribution in [2.45, 2.75) is 45.1 Å². The molecule has 1 aliphatic carbocycles. The quantitative estimate of drug-likeness (QED) is 0.758. The molecular weight excluding hydrogens is 324 g/mol. The molecule has 3 aromatic rings. The molecule has 0 saturated heterocycles. The first-order valence-electron chi connectivity index (χ1n) is 8.51. The Morgan fingerprint density at radius 3 is 2.60 bits per heavy atom. The van der Waals surface area contributed by atoms with E-state index in [1.54, 1.807) is 6.07 Å². The van der Waals surface area contributed by atoms with Crippen LogP contribution in [0.15, 0.2) is 18.3 Å². The minimum atomic E-state index is -0.631. The van der Waals surface area contributed by atoms with Crippen LogP contribution in [-0.2, 0) is 0 Å². The number of nitrogen functional groups attached to an aromatic ring is 1. The Kier molecular flexibility index (Phi) is 3.86. The summed E-state index contributed by atoms with van der Waals surface area (Å²) in [4.78, 5) is 12.0. The highest BCUT2D eigenvalue weighted by molar-refractivity contribution is 5.83. The summed E-state index contributed by atoms with van der Waals surface area (Å²) in [5.74, 6) is -0.385. The first kappa shape index (κ1) is 15.9. The number of fused-ring (bicyclic) bond motifs is 1. The number of halogens is 2. The monoisotopic (exact) mass is 343 g/mol. The Morgan fingerprint density at radius 1 is 1.08 bits per heavy atom. The number of hydrogen-bond acceptors (Lipinski definition) is 4. The molecule has 1 saturated carbocycles. The van der Waals surface area contributed by atoms with E-state index in [1.807, 2.05) is 6.92 Å². The summed E-state index contributed by atoms with van der Waals surface area (Å²) in [5.41, 5.74) is 6.90. The smallest absolute Gasteiger partial charge is 0.220 e. The second kappa shape index (κ2) is 6.06. The van der Waals surface area contributed by atoms with Gasteiger partial charge in [0.1, 0.15) is 17.0 Å². The molecule has 0 amide bonds. The number of nitrogens with two attached hydrogens (primary N) is 1. The van der Waals surface area contributed by atoms with E-state index < -0.39 is 11.6 Å². The first-order chi connectivity index (χ1) is 12.0. The number of hydrogen-bond donors (Lipinski definition) is 1. The van der Waals surface area contributed by atoms with Crippen LogP contribution in [-0.4, -0.2) is 19.5 Å². The van der Waals surface area contributed by atoms with Crippen molar-refractivity contribution in [2.75, 3.05) is 5.73 Å². The summed E-state index contributed by atoms with van der Waals surface area (Å²) in [6.07, 6.45) is 6.64. The number of aryl methyl sites for hydroxylation is 1. The Hall–Kier alpha value is -2.57. The van der Waals surface area contributed by atoms with Gasteiger partial charge in [0.05, 0.1) is 11.7 Å². The van der Waals surface area contributed by atoms with Crippen LogP contribution in [0.3, 0.4) is 0 Å². The molecule has 1 fully saturated rings. The van der Waals surface area contributed by atoms with Crippen molar-refractivity contribution < 1.29 is 8.78 Å². The SMILES string of the molecule is Cc1nc2c(F)cc(-c3nc(N)ncc3F)cc2n1C1CCCCC1. The van der Waals surface area contributed by atoms with Crippen molar-refractivity contribution in [1.82, 2.24) is 19.5 Å². The Labute approximate surface area is 143 Å². The van der Waals surface area contributed by atoms with Crippen LogP contribution >= 0.6 is 0 Å². The Bertz CT molecular complexity index is 944. The maximum Gasteiger partial charge on any atom is 0.220 e. The fourth-order valence-corrected chi connectivity index (χ4v) is 3.79. The summed E-state index contributed by atoms with van der Waals surface area (Å²) in [5, 5.41) is 0. The van der Waals surface area contributed by atoms with E-state index in [4.69, 9.17) is 5.73 Å². The number of nitrogens with zero attached hydrogens (tertiary/aromatic N) is 4. The number of anilines is 1. The third-order valence-corrected chi connectivity index (χ3v) is 4.90. The van der Waals surface area contributed by atoms with E-state index in [1.165, 1.54) is 12.5 Å². The molecular formula is C18H19F2N5. The molecule has 0 radical (unpaired) electrons. The molecule has 0 spiro atoms. The summed E-state index contributed by atoms with van der Waals surface area (Å²) < 4.78 is 30.9. The third kappa shape index (κ3) is 2.73. The van der Waals surface area contributed by atoms with Gasteiger partial charge in [-0.1, -0.05) is 19.3 Å². The van der Waals surface area contributed by atoms with Gasteiger partial charge in [-0.2, -0.15) is 0 Å². The maximum absolute atomic E-state index is 14.7. The molecule has 0 bridgehead atoms. The van der Waals surface area contributed by atoms with Gasteiger partial charge in [-0.05, 0) is 31.9 Å². The highest BCUT2D eigenvalue weighted by Crippen LogP contribution is 2.35. The molecule has 130 valence electrons. The zero-order valence-electron chi connectivity index (χ0n) is 14.0. The normalized spacial score (nSPS) is 15.8. The molecule has 1 aromatic carbocycles. The van der Waals surface area contributed by atoms with Crippen LogP contribution in [0.2, 0.25) is 0 Å². The zero-order valence-corrected chi connectivity index (χ0v) is 14.0. The van der Waals surface area contributed by atoms with Crippen molar-refractivity contribution in [3.8, 4) is 11.3 Å². The minimum absolute atomic E-state index is 0.00217. The average Bonchev–Trinajstić information content (AvgIpc) is 2.94. The maximum atomic E-state index is 14.7. The van der Waals surface area contributed by atoms with Gasteiger partial charge in [-0.3, -0.25) is 0 Å². The number of benzene rings is 1. The van der Waals surface area contributed by atoms with Gasteiger partial charge in [0.2, 0.25) is 5.95 Å². The van der Waals surface area contributed by atoms with E-state index in [0.29, 0.717) is 22.6 Å². The zero-order chi connectivity index (χ0) is 17.6. The highest BCUT2D eigenvalue weighted by atomic mass is 19.1. The van der Waals surface area contributed by atoms with Crippen LogP contribution in [0.25, 0.3) is 22.3 Å². The molecule has 0 unspecified atom stereocenters. The van der Waals surface area contributed by atoms with Crippen molar-refractivity contribution in [2.24, 2.45) is 0 Å². The molecule has 0 aliphatic heterocycles. The fraction of sp³-hybridized carbons (Fsp3) is 0.389. The largest absolute Gasteiger partial charge is 0.368 e. The topological polar surface area (TPSA) is 69.6 Å². The average molecular weight is 343 g/mol. The van der Waals surface area contributed by atoms with E-state index in [9.17, 15) is 8.78 Å². The lowest BCUT2D eigenvalue weighted by molar-refractivity contribution is 0.355. The van der Waals surface area contributed by atoms with Crippen LogP contribution in [0.5, 0.6) is 0 Å². The predicted octanol–water partition coefficient (Wildman–Crippen LogP) is 4.17. The lowest BCUT2D eigenvalue weighted by Gasteiger charge is -2.25. The lowest BCUT2D eigenvalue weighted by atomic mass is 9.95. The van der Waals surface area contributed by atoms with E-state index in [-0.39, 0.29) is 11.6 Å². The molecule has 5 nitrogen and oxygen atoms in total. The number of imidazole rings is 1. The third-order valence-electron chi connectivity index (χ3n) is 4.90. The number of rotatable bonds is 2. The van der Waals surface area contributed by atoms with Crippen molar-refractivity contribution >= 4 is 17.0 Å². The Balaban J connectivity index is 1.92. The van der Waals surface area contributed by atoms with E-state index >= 15 is 0 Å². The van der Waals surface area contributed by atoms with E-state index in [2.05, 4.69) is 19.5 Å². The summed E-state index contributed by atoms with van der Waals surface area (Å²) in [7, 11) is 0. The lowest BCUT2D eigenvalue weighted by Crippen LogP contribution is -2.14. The van der Waals surface area contributed by atoms with Crippen molar-refractivity contribution in [3.63, 3.8) is 0 Å². The van der Waals surface area contributed by atoms with E-state index in [0.717, 1.165) is 37.7 Å². The second-order valence-electron chi connectivity index (χ2n) is 6.57. The van der Waals surface area contributed by atoms with Gasteiger partial charge in [-0.25, -0.2) is 23.7 Å². The van der Waals surface area contributed by atoms with Crippen LogP contribution in [0.4, 0.5) is 14.7 Å². The van der Waals surface area contributed by atoms with Crippen LogP contribution in [0, 0.1) is 18.6 Å². The van der Waals surface area contributed by atoms with Gasteiger partial charge < -0.3 is 10.3 Å². The predicted molar refractivity (Wildman–Crippen MR) is 91.9 cm³/mol. The standard InChI is InChI=1S/C18H19F2N5/c1-10-23-17-13(19)7-11(16-14(20)9-22-18(21)24-16)8-15(17)25(10)12-5-3-2-4-6-12/h7-9,12H,2-6H2,1H3,(H2,21,22,24). The minimum Gasteiger partial charge on any atom is -0.368 e.